The number of hydrogen-bond acceptors (Lipinski definition) is 4. The Kier molecular flexibility index (Phi) is 6.96. The molecule has 0 aromatic heterocycles. The monoisotopic (exact) mass is 230 g/mol. The molecule has 0 unspecified atom stereocenters. The summed E-state index contributed by atoms with van der Waals surface area (Å²) in [4.78, 5) is 2.50. The molecule has 1 N–H and O–H groups in total. The zero-order valence-corrected chi connectivity index (χ0v) is 10.9. The Hall–Kier alpha value is -0.160. The van der Waals surface area contributed by atoms with Crippen LogP contribution >= 0.6 is 0 Å². The number of rotatable bonds is 9. The van der Waals surface area contributed by atoms with Crippen molar-refractivity contribution in [2.45, 2.75) is 39.5 Å². The van der Waals surface area contributed by atoms with Gasteiger partial charge in [0.15, 0.2) is 6.29 Å². The van der Waals surface area contributed by atoms with E-state index >= 15 is 0 Å². The molecule has 1 fully saturated rings. The lowest BCUT2D eigenvalue weighted by atomic mass is 10.1. The van der Waals surface area contributed by atoms with Crippen LogP contribution in [0.1, 0.15) is 27.2 Å². The van der Waals surface area contributed by atoms with Gasteiger partial charge in [0.2, 0.25) is 0 Å². The first-order valence-electron chi connectivity index (χ1n) is 6.49. The fraction of sp³-hybridized carbons (Fsp3) is 1.00. The van der Waals surface area contributed by atoms with E-state index in [1.807, 2.05) is 13.8 Å². The van der Waals surface area contributed by atoms with Gasteiger partial charge in [-0.25, -0.2) is 0 Å². The molecule has 0 saturated carbocycles. The van der Waals surface area contributed by atoms with E-state index in [1.54, 1.807) is 0 Å². The van der Waals surface area contributed by atoms with Crippen molar-refractivity contribution < 1.29 is 9.47 Å². The van der Waals surface area contributed by atoms with Gasteiger partial charge >= 0.3 is 0 Å². The molecule has 4 heteroatoms. The highest BCUT2D eigenvalue weighted by Gasteiger charge is 2.23. The third-order valence-corrected chi connectivity index (χ3v) is 3.04. The van der Waals surface area contributed by atoms with Gasteiger partial charge in [-0.3, -0.25) is 4.90 Å². The molecule has 0 aromatic carbocycles. The molecule has 1 rings (SSSR count). The van der Waals surface area contributed by atoms with E-state index in [9.17, 15) is 0 Å². The lowest BCUT2D eigenvalue weighted by Gasteiger charge is -2.38. The van der Waals surface area contributed by atoms with Crippen LogP contribution in [0.5, 0.6) is 0 Å². The molecule has 1 saturated heterocycles. The zero-order chi connectivity index (χ0) is 11.8. The molecule has 1 heterocycles. The van der Waals surface area contributed by atoms with Crippen molar-refractivity contribution in [2.24, 2.45) is 0 Å². The van der Waals surface area contributed by atoms with Crippen molar-refractivity contribution in [1.29, 1.82) is 0 Å². The predicted molar refractivity (Wildman–Crippen MR) is 65.6 cm³/mol. The lowest BCUT2D eigenvalue weighted by molar-refractivity contribution is -0.142. The van der Waals surface area contributed by atoms with Gasteiger partial charge in [0.25, 0.3) is 0 Å². The molecule has 0 radical (unpaired) electrons. The summed E-state index contributed by atoms with van der Waals surface area (Å²) in [6.45, 7) is 12.1. The number of nitrogens with one attached hydrogen (secondary N) is 1. The summed E-state index contributed by atoms with van der Waals surface area (Å²) in [6.07, 6.45) is 0.934. The van der Waals surface area contributed by atoms with Crippen LogP contribution in [0.2, 0.25) is 0 Å². The van der Waals surface area contributed by atoms with Crippen LogP contribution in [0.3, 0.4) is 0 Å². The summed E-state index contributed by atoms with van der Waals surface area (Å²) in [7, 11) is 0. The van der Waals surface area contributed by atoms with E-state index in [-0.39, 0.29) is 6.29 Å². The van der Waals surface area contributed by atoms with Crippen LogP contribution in [0.4, 0.5) is 0 Å². The first-order chi connectivity index (χ1) is 7.81. The van der Waals surface area contributed by atoms with E-state index < -0.39 is 0 Å². The molecular weight excluding hydrogens is 204 g/mol. The number of hydrogen-bond donors (Lipinski definition) is 1. The number of likely N-dealkylation sites (N-methyl/N-ethyl adjacent to an activating group) is 1. The summed E-state index contributed by atoms with van der Waals surface area (Å²) in [5, 5.41) is 3.31. The van der Waals surface area contributed by atoms with Crippen molar-refractivity contribution in [3.05, 3.63) is 0 Å². The molecule has 0 aliphatic carbocycles. The number of nitrogens with zero attached hydrogens (tertiary/aromatic N) is 1. The van der Waals surface area contributed by atoms with Gasteiger partial charge < -0.3 is 14.8 Å². The second kappa shape index (κ2) is 8.01. The molecular formula is C12H26N2O2. The van der Waals surface area contributed by atoms with Crippen molar-refractivity contribution in [3.63, 3.8) is 0 Å². The minimum Gasteiger partial charge on any atom is -0.353 e. The highest BCUT2D eigenvalue weighted by atomic mass is 16.7. The van der Waals surface area contributed by atoms with Crippen molar-refractivity contribution in [2.75, 3.05) is 39.4 Å². The van der Waals surface area contributed by atoms with Crippen LogP contribution in [-0.4, -0.2) is 56.6 Å². The first kappa shape index (κ1) is 13.9. The largest absolute Gasteiger partial charge is 0.353 e. The molecule has 1 aliphatic heterocycles. The minimum atomic E-state index is -0.0305. The van der Waals surface area contributed by atoms with Crippen LogP contribution in [0.15, 0.2) is 0 Å². The molecule has 0 amide bonds. The van der Waals surface area contributed by atoms with Crippen LogP contribution < -0.4 is 5.32 Å². The molecule has 0 bridgehead atoms. The fourth-order valence-electron chi connectivity index (χ4n) is 1.99. The van der Waals surface area contributed by atoms with E-state index in [0.717, 1.165) is 45.8 Å². The molecule has 4 nitrogen and oxygen atoms in total. The van der Waals surface area contributed by atoms with Gasteiger partial charge in [0.1, 0.15) is 0 Å². The van der Waals surface area contributed by atoms with Crippen LogP contribution in [-0.2, 0) is 9.47 Å². The highest BCUT2D eigenvalue weighted by molar-refractivity contribution is 4.83. The fourth-order valence-corrected chi connectivity index (χ4v) is 1.99. The maximum absolute atomic E-state index is 5.54. The topological polar surface area (TPSA) is 33.7 Å². The van der Waals surface area contributed by atoms with E-state index in [4.69, 9.17) is 9.47 Å². The summed E-state index contributed by atoms with van der Waals surface area (Å²) in [5.41, 5.74) is 0. The summed E-state index contributed by atoms with van der Waals surface area (Å²) >= 11 is 0. The third kappa shape index (κ3) is 4.37. The second-order valence-electron chi connectivity index (χ2n) is 4.07. The van der Waals surface area contributed by atoms with E-state index in [2.05, 4.69) is 17.1 Å². The standard InChI is InChI=1S/C12H26N2O2/c1-4-14(11-9-13-10-11)8-7-12(15-5-2)16-6-3/h11-13H,4-10H2,1-3H3. The quantitative estimate of drug-likeness (QED) is 0.601. The molecule has 0 spiro atoms. The first-order valence-corrected chi connectivity index (χ1v) is 6.49. The van der Waals surface area contributed by atoms with Crippen LogP contribution in [0.25, 0.3) is 0 Å². The maximum atomic E-state index is 5.54. The average Bonchev–Trinajstić information content (AvgIpc) is 2.21. The summed E-state index contributed by atoms with van der Waals surface area (Å²) in [5.74, 6) is 0. The summed E-state index contributed by atoms with van der Waals surface area (Å²) in [6, 6.07) is 0.717. The SMILES string of the molecule is CCOC(CCN(CC)C1CNC1)OCC. The van der Waals surface area contributed by atoms with Gasteiger partial charge in [-0.2, -0.15) is 0 Å². The van der Waals surface area contributed by atoms with Crippen LogP contribution in [0, 0.1) is 0 Å². The van der Waals surface area contributed by atoms with Crippen molar-refractivity contribution in [3.8, 4) is 0 Å². The third-order valence-electron chi connectivity index (χ3n) is 3.04. The van der Waals surface area contributed by atoms with Gasteiger partial charge in [-0.05, 0) is 20.4 Å². The minimum absolute atomic E-state index is 0.0305. The highest BCUT2D eigenvalue weighted by Crippen LogP contribution is 2.08. The predicted octanol–water partition coefficient (Wildman–Crippen LogP) is 1.07. The molecule has 0 aromatic rings. The Balaban J connectivity index is 2.22. The molecule has 16 heavy (non-hydrogen) atoms. The number of ether oxygens (including phenoxy) is 2. The van der Waals surface area contributed by atoms with Crippen molar-refractivity contribution in [1.82, 2.24) is 10.2 Å². The lowest BCUT2D eigenvalue weighted by Crippen LogP contribution is -2.57. The normalized spacial score (nSPS) is 17.1. The molecule has 0 atom stereocenters. The van der Waals surface area contributed by atoms with E-state index in [1.165, 1.54) is 0 Å². The van der Waals surface area contributed by atoms with Gasteiger partial charge in [0.05, 0.1) is 0 Å². The Morgan fingerprint density at radius 1 is 1.19 bits per heavy atom. The Labute approximate surface area is 99.3 Å². The van der Waals surface area contributed by atoms with Crippen molar-refractivity contribution >= 4 is 0 Å². The second-order valence-corrected chi connectivity index (χ2v) is 4.07. The smallest absolute Gasteiger partial charge is 0.158 e. The van der Waals surface area contributed by atoms with Gasteiger partial charge in [-0.1, -0.05) is 6.92 Å². The molecule has 1 aliphatic rings. The molecule has 96 valence electrons. The maximum Gasteiger partial charge on any atom is 0.158 e. The Morgan fingerprint density at radius 2 is 1.81 bits per heavy atom. The average molecular weight is 230 g/mol. The summed E-state index contributed by atoms with van der Waals surface area (Å²) < 4.78 is 11.1. The van der Waals surface area contributed by atoms with E-state index in [0.29, 0.717) is 6.04 Å². The Bertz CT molecular complexity index is 168. The Morgan fingerprint density at radius 3 is 2.19 bits per heavy atom. The van der Waals surface area contributed by atoms with Gasteiger partial charge in [0, 0.05) is 45.3 Å². The van der Waals surface area contributed by atoms with Gasteiger partial charge in [-0.15, -0.1) is 0 Å². The zero-order valence-electron chi connectivity index (χ0n) is 10.9.